The van der Waals surface area contributed by atoms with E-state index in [2.05, 4.69) is 9.97 Å². The molecule has 0 spiro atoms. The van der Waals surface area contributed by atoms with Gasteiger partial charge in [0.25, 0.3) is 5.56 Å². The van der Waals surface area contributed by atoms with E-state index >= 15 is 0 Å². The van der Waals surface area contributed by atoms with Crippen LogP contribution in [0.25, 0.3) is 10.9 Å². The fourth-order valence-electron chi connectivity index (χ4n) is 2.63. The van der Waals surface area contributed by atoms with Crippen LogP contribution in [-0.2, 0) is 11.2 Å². The van der Waals surface area contributed by atoms with Gasteiger partial charge in [-0.2, -0.15) is 0 Å². The molecule has 4 heteroatoms. The van der Waals surface area contributed by atoms with E-state index in [0.29, 0.717) is 23.1 Å². The van der Waals surface area contributed by atoms with Crippen LogP contribution in [0.2, 0.25) is 0 Å². The van der Waals surface area contributed by atoms with Crippen LogP contribution in [0.5, 0.6) is 0 Å². The highest BCUT2D eigenvalue weighted by Gasteiger charge is 2.12. The summed E-state index contributed by atoms with van der Waals surface area (Å²) in [6, 6.07) is 15.2. The van der Waals surface area contributed by atoms with Gasteiger partial charge >= 0.3 is 0 Å². The molecule has 1 aromatic heterocycles. The van der Waals surface area contributed by atoms with Crippen molar-refractivity contribution in [1.29, 1.82) is 0 Å². The number of benzene rings is 2. The van der Waals surface area contributed by atoms with Gasteiger partial charge < -0.3 is 9.78 Å². The summed E-state index contributed by atoms with van der Waals surface area (Å²) in [5.74, 6) is 0.386. The number of nitrogens with zero attached hydrogens (tertiary/aromatic N) is 1. The smallest absolute Gasteiger partial charge is 0.258 e. The summed E-state index contributed by atoms with van der Waals surface area (Å²) in [7, 11) is 0. The van der Waals surface area contributed by atoms with Crippen molar-refractivity contribution in [2.24, 2.45) is 0 Å². The maximum Gasteiger partial charge on any atom is 0.258 e. The molecule has 0 saturated heterocycles. The lowest BCUT2D eigenvalue weighted by molar-refractivity contribution is -0.109. The highest BCUT2D eigenvalue weighted by atomic mass is 16.1. The molecule has 2 aromatic carbocycles. The summed E-state index contributed by atoms with van der Waals surface area (Å²) in [6.45, 7) is 1.76. The van der Waals surface area contributed by atoms with E-state index < -0.39 is 0 Å². The number of aryl methyl sites for hydroxylation is 1. The lowest BCUT2D eigenvalue weighted by Gasteiger charge is -2.11. The number of aldehydes is 1. The van der Waals surface area contributed by atoms with Crippen molar-refractivity contribution < 1.29 is 4.79 Å². The number of aromatic nitrogens is 2. The molecule has 3 aromatic rings. The van der Waals surface area contributed by atoms with Crippen LogP contribution in [-0.4, -0.2) is 16.3 Å². The van der Waals surface area contributed by atoms with E-state index in [4.69, 9.17) is 0 Å². The third-order valence-corrected chi connectivity index (χ3v) is 3.74. The number of H-pyrrole nitrogens is 1. The van der Waals surface area contributed by atoms with Gasteiger partial charge in [-0.1, -0.05) is 36.4 Å². The average Bonchev–Trinajstić information content (AvgIpc) is 2.53. The summed E-state index contributed by atoms with van der Waals surface area (Å²) < 4.78 is 0. The molecule has 0 aliphatic rings. The SMILES string of the molecule is Cc1nc2ccc(CC(C=O)c3ccccc3)cc2c(=O)[nH]1. The first-order valence-corrected chi connectivity index (χ1v) is 7.17. The lowest BCUT2D eigenvalue weighted by Crippen LogP contribution is -2.10. The van der Waals surface area contributed by atoms with Gasteiger partial charge in [-0.3, -0.25) is 4.79 Å². The summed E-state index contributed by atoms with van der Waals surface area (Å²) in [4.78, 5) is 30.4. The zero-order valence-corrected chi connectivity index (χ0v) is 12.2. The normalized spacial score (nSPS) is 12.2. The zero-order valence-electron chi connectivity index (χ0n) is 12.2. The quantitative estimate of drug-likeness (QED) is 0.752. The van der Waals surface area contributed by atoms with Crippen LogP contribution in [0.4, 0.5) is 0 Å². The highest BCUT2D eigenvalue weighted by molar-refractivity contribution is 5.78. The van der Waals surface area contributed by atoms with E-state index in [1.54, 1.807) is 6.92 Å². The fraction of sp³-hybridized carbons (Fsp3) is 0.167. The Bertz CT molecular complexity index is 869. The average molecular weight is 292 g/mol. The molecule has 3 rings (SSSR count). The minimum absolute atomic E-state index is 0.147. The van der Waals surface area contributed by atoms with Crippen molar-refractivity contribution in [2.45, 2.75) is 19.3 Å². The Morgan fingerprint density at radius 1 is 1.18 bits per heavy atom. The number of hydrogen-bond acceptors (Lipinski definition) is 3. The summed E-state index contributed by atoms with van der Waals surface area (Å²) in [5.41, 5.74) is 2.46. The lowest BCUT2D eigenvalue weighted by atomic mass is 9.93. The van der Waals surface area contributed by atoms with E-state index in [0.717, 1.165) is 17.4 Å². The van der Waals surface area contributed by atoms with Crippen LogP contribution in [0.3, 0.4) is 0 Å². The summed E-state index contributed by atoms with van der Waals surface area (Å²) in [5, 5.41) is 0.556. The first-order chi connectivity index (χ1) is 10.7. The van der Waals surface area contributed by atoms with Crippen molar-refractivity contribution in [3.63, 3.8) is 0 Å². The Morgan fingerprint density at radius 3 is 2.68 bits per heavy atom. The van der Waals surface area contributed by atoms with Crippen molar-refractivity contribution in [3.8, 4) is 0 Å². The molecule has 0 saturated carbocycles. The second-order valence-electron chi connectivity index (χ2n) is 5.36. The topological polar surface area (TPSA) is 62.8 Å². The Kier molecular flexibility index (Phi) is 3.83. The standard InChI is InChI=1S/C18H16N2O2/c1-12-19-17-8-7-13(10-16(17)18(22)20-12)9-15(11-21)14-5-3-2-4-6-14/h2-8,10-11,15H,9H2,1H3,(H,19,20,22). The largest absolute Gasteiger partial charge is 0.310 e. The maximum absolute atomic E-state index is 12.0. The third kappa shape index (κ3) is 2.81. The van der Waals surface area contributed by atoms with Gasteiger partial charge in [0, 0.05) is 5.92 Å². The number of aromatic amines is 1. The van der Waals surface area contributed by atoms with Crippen molar-refractivity contribution in [2.75, 3.05) is 0 Å². The molecule has 0 fully saturated rings. The minimum Gasteiger partial charge on any atom is -0.310 e. The van der Waals surface area contributed by atoms with Crippen LogP contribution >= 0.6 is 0 Å². The molecule has 1 unspecified atom stereocenters. The number of rotatable bonds is 4. The van der Waals surface area contributed by atoms with E-state index in [1.165, 1.54) is 0 Å². The molecule has 0 amide bonds. The molecule has 22 heavy (non-hydrogen) atoms. The van der Waals surface area contributed by atoms with Gasteiger partial charge in [0.2, 0.25) is 0 Å². The van der Waals surface area contributed by atoms with Crippen LogP contribution < -0.4 is 5.56 Å². The van der Waals surface area contributed by atoms with Gasteiger partial charge in [0.05, 0.1) is 10.9 Å². The number of hydrogen-bond donors (Lipinski definition) is 1. The van der Waals surface area contributed by atoms with Gasteiger partial charge in [-0.05, 0) is 36.6 Å². The second-order valence-corrected chi connectivity index (χ2v) is 5.36. The molecule has 1 heterocycles. The number of fused-ring (bicyclic) bond motifs is 1. The molecule has 4 nitrogen and oxygen atoms in total. The molecule has 0 aliphatic carbocycles. The molecule has 0 radical (unpaired) electrons. The number of nitrogens with one attached hydrogen (secondary N) is 1. The van der Waals surface area contributed by atoms with Crippen molar-refractivity contribution >= 4 is 17.2 Å². The van der Waals surface area contributed by atoms with Gasteiger partial charge in [0.15, 0.2) is 0 Å². The maximum atomic E-state index is 12.0. The monoisotopic (exact) mass is 292 g/mol. The predicted octanol–water partition coefficient (Wildman–Crippen LogP) is 2.76. The number of carbonyl (C=O) groups excluding carboxylic acids is 1. The predicted molar refractivity (Wildman–Crippen MR) is 86.1 cm³/mol. The Balaban J connectivity index is 1.97. The Labute approximate surface area is 127 Å². The molecular formula is C18H16N2O2. The highest BCUT2D eigenvalue weighted by Crippen LogP contribution is 2.20. The van der Waals surface area contributed by atoms with Crippen molar-refractivity contribution in [3.05, 3.63) is 75.8 Å². The molecule has 0 aliphatic heterocycles. The molecule has 110 valence electrons. The second kappa shape index (κ2) is 5.93. The molecule has 0 bridgehead atoms. The number of carbonyl (C=O) groups is 1. The van der Waals surface area contributed by atoms with Gasteiger partial charge in [0.1, 0.15) is 12.1 Å². The zero-order chi connectivity index (χ0) is 15.5. The van der Waals surface area contributed by atoms with E-state index in [-0.39, 0.29) is 11.5 Å². The molecule has 1 atom stereocenters. The van der Waals surface area contributed by atoms with E-state index in [1.807, 2.05) is 48.5 Å². The van der Waals surface area contributed by atoms with Gasteiger partial charge in [-0.25, -0.2) is 4.98 Å². The first-order valence-electron chi connectivity index (χ1n) is 7.17. The summed E-state index contributed by atoms with van der Waals surface area (Å²) >= 11 is 0. The fourth-order valence-corrected chi connectivity index (χ4v) is 2.63. The summed E-state index contributed by atoms with van der Waals surface area (Å²) in [6.07, 6.45) is 1.52. The van der Waals surface area contributed by atoms with Crippen LogP contribution in [0, 0.1) is 6.92 Å². The Hall–Kier alpha value is -2.75. The minimum atomic E-state index is -0.212. The Morgan fingerprint density at radius 2 is 1.95 bits per heavy atom. The van der Waals surface area contributed by atoms with Crippen LogP contribution in [0.15, 0.2) is 53.3 Å². The van der Waals surface area contributed by atoms with Crippen molar-refractivity contribution in [1.82, 2.24) is 9.97 Å². The first kappa shape index (κ1) is 14.2. The van der Waals surface area contributed by atoms with E-state index in [9.17, 15) is 9.59 Å². The molecular weight excluding hydrogens is 276 g/mol. The molecule has 1 N–H and O–H groups in total. The third-order valence-electron chi connectivity index (χ3n) is 3.74. The van der Waals surface area contributed by atoms with Crippen LogP contribution in [0.1, 0.15) is 22.9 Å². The van der Waals surface area contributed by atoms with Gasteiger partial charge in [-0.15, -0.1) is 0 Å².